The van der Waals surface area contributed by atoms with E-state index in [0.29, 0.717) is 22.5 Å². The summed E-state index contributed by atoms with van der Waals surface area (Å²) >= 11 is 5.73. The number of nitrogens with zero attached hydrogens (tertiary/aromatic N) is 2. The molecule has 6 atom stereocenters. The fraction of sp³-hybridized carbons (Fsp3) is 0.481. The lowest BCUT2D eigenvalue weighted by atomic mass is 9.98. The van der Waals surface area contributed by atoms with Gasteiger partial charge in [0.25, 0.3) is 0 Å². The summed E-state index contributed by atoms with van der Waals surface area (Å²) in [6.45, 7) is 4.48. The highest BCUT2D eigenvalue weighted by molar-refractivity contribution is 8.09. The number of nitrogens with one attached hydrogen (secondary N) is 1. The van der Waals surface area contributed by atoms with Crippen LogP contribution in [0.4, 0.5) is 4.39 Å². The van der Waals surface area contributed by atoms with Crippen LogP contribution in [-0.4, -0.2) is 64.4 Å². The molecule has 218 valence electrons. The summed E-state index contributed by atoms with van der Waals surface area (Å²) in [4.78, 5) is 16.9. The molecule has 1 aromatic heterocycles. The van der Waals surface area contributed by atoms with Gasteiger partial charge >= 0.3 is 12.6 Å². The second-order valence-electron chi connectivity index (χ2n) is 10.1. The number of fused-ring (bicyclic) bond motifs is 1. The van der Waals surface area contributed by atoms with Crippen molar-refractivity contribution >= 4 is 35.5 Å². The zero-order valence-electron chi connectivity index (χ0n) is 23.2. The Bertz CT molecular complexity index is 1390. The monoisotopic (exact) mass is 595 g/mol. The summed E-state index contributed by atoms with van der Waals surface area (Å²) in [5.41, 5.74) is -0.181. The van der Waals surface area contributed by atoms with E-state index in [0.717, 1.165) is 5.56 Å². The maximum Gasteiger partial charge on any atom is 0.323 e. The van der Waals surface area contributed by atoms with Crippen molar-refractivity contribution in [1.29, 1.82) is 0 Å². The molecular weight excluding hydrogens is 560 g/mol. The Balaban J connectivity index is 1.56. The van der Waals surface area contributed by atoms with Gasteiger partial charge in [0.05, 0.1) is 31.7 Å². The number of hydrogen-bond acceptors (Lipinski definition) is 9. The minimum Gasteiger partial charge on any atom is -0.494 e. The lowest BCUT2D eigenvalue weighted by Gasteiger charge is -2.28. The number of para-hydroxylation sites is 1. The average Bonchev–Trinajstić information content (AvgIpc) is 3.40. The van der Waals surface area contributed by atoms with Crippen molar-refractivity contribution in [1.82, 2.24) is 14.6 Å². The van der Waals surface area contributed by atoms with Crippen molar-refractivity contribution in [2.75, 3.05) is 13.7 Å². The van der Waals surface area contributed by atoms with Crippen molar-refractivity contribution in [2.24, 2.45) is 0 Å². The highest BCUT2D eigenvalue weighted by Crippen LogP contribution is 2.48. The van der Waals surface area contributed by atoms with Crippen LogP contribution in [0, 0.1) is 6.92 Å². The third-order valence-corrected chi connectivity index (χ3v) is 8.91. The molecule has 0 radical (unpaired) electrons. The van der Waals surface area contributed by atoms with Gasteiger partial charge < -0.3 is 32.9 Å². The molecule has 3 aromatic rings. The quantitative estimate of drug-likeness (QED) is 0.241. The van der Waals surface area contributed by atoms with Crippen LogP contribution in [0.1, 0.15) is 39.5 Å². The molecule has 1 aliphatic heterocycles. The van der Waals surface area contributed by atoms with Crippen LogP contribution in [0.15, 0.2) is 48.8 Å². The number of aliphatic hydroxyl groups excluding tert-OH is 1. The molecule has 0 amide bonds. The molecule has 4 rings (SSSR count). The third kappa shape index (κ3) is 6.48. The Morgan fingerprint density at radius 3 is 2.65 bits per heavy atom. The first-order valence-electron chi connectivity index (χ1n) is 12.9. The minimum absolute atomic E-state index is 0.310. The number of ether oxygens (including phenoxy) is 3. The number of alkyl halides is 1. The van der Waals surface area contributed by atoms with E-state index in [1.807, 2.05) is 25.1 Å². The van der Waals surface area contributed by atoms with Crippen molar-refractivity contribution < 1.29 is 37.5 Å². The van der Waals surface area contributed by atoms with E-state index in [2.05, 4.69) is 10.1 Å². The van der Waals surface area contributed by atoms with E-state index < -0.39 is 42.8 Å². The van der Waals surface area contributed by atoms with Crippen LogP contribution < -0.4 is 14.3 Å². The number of aromatic nitrogens is 2. The Hall–Kier alpha value is -2.60. The lowest BCUT2D eigenvalue weighted by molar-refractivity contribution is -0.149. The van der Waals surface area contributed by atoms with Gasteiger partial charge in [0, 0.05) is 0 Å². The number of aliphatic hydroxyl groups is 1. The lowest BCUT2D eigenvalue weighted by Crippen LogP contribution is -2.41. The van der Waals surface area contributed by atoms with Crippen LogP contribution in [0.2, 0.25) is 0 Å². The maximum atomic E-state index is 16.1. The summed E-state index contributed by atoms with van der Waals surface area (Å²) in [7, 11) is 1.54. The zero-order chi connectivity index (χ0) is 29.2. The van der Waals surface area contributed by atoms with Crippen LogP contribution in [-0.2, 0) is 30.6 Å². The van der Waals surface area contributed by atoms with Gasteiger partial charge in [-0.3, -0.25) is 4.79 Å². The number of imidazole rings is 1. The first kappa shape index (κ1) is 30.4. The number of carbonyl (C=O) groups is 1. The Morgan fingerprint density at radius 1 is 1.30 bits per heavy atom. The van der Waals surface area contributed by atoms with Gasteiger partial charge in [-0.15, -0.1) is 0 Å². The van der Waals surface area contributed by atoms with E-state index in [9.17, 15) is 9.90 Å². The van der Waals surface area contributed by atoms with Crippen LogP contribution in [0.5, 0.6) is 11.5 Å². The third-order valence-electron chi connectivity index (χ3n) is 6.41. The average molecular weight is 596 g/mol. The molecule has 1 saturated heterocycles. The van der Waals surface area contributed by atoms with E-state index in [-0.39, 0.29) is 12.7 Å². The number of methoxy groups -OCH3 is 1. The van der Waals surface area contributed by atoms with E-state index >= 15 is 4.39 Å². The maximum absolute atomic E-state index is 16.1. The summed E-state index contributed by atoms with van der Waals surface area (Å²) in [5.74, 6) is 0.427. The molecule has 1 fully saturated rings. The van der Waals surface area contributed by atoms with Crippen molar-refractivity contribution in [2.45, 2.75) is 70.9 Å². The molecule has 40 heavy (non-hydrogen) atoms. The zero-order valence-corrected chi connectivity index (χ0v) is 24.9. The molecule has 2 N–H and O–H groups in total. The SMILES string of the molecule is COc1cc(C)cc2c1ncn2[C@@H]1O[C@H](COP(=S)(NC(C)C(=O)OC(C)C)Oc2ccccc2)C(O)C1(C)F. The first-order chi connectivity index (χ1) is 18.8. The highest BCUT2D eigenvalue weighted by Gasteiger charge is 2.55. The van der Waals surface area contributed by atoms with Gasteiger partial charge in [-0.1, -0.05) is 18.2 Å². The fourth-order valence-electron chi connectivity index (χ4n) is 4.43. The van der Waals surface area contributed by atoms with Gasteiger partial charge in [-0.2, -0.15) is 0 Å². The van der Waals surface area contributed by atoms with E-state index in [1.54, 1.807) is 45.0 Å². The summed E-state index contributed by atoms with van der Waals surface area (Å²) in [5, 5.41) is 13.9. The number of aryl methyl sites for hydroxylation is 1. The molecule has 2 aromatic carbocycles. The second kappa shape index (κ2) is 12.1. The summed E-state index contributed by atoms with van der Waals surface area (Å²) in [6.07, 6.45) is -2.75. The molecular formula is C27H35FN3O7PS. The molecule has 4 unspecified atom stereocenters. The summed E-state index contributed by atoms with van der Waals surface area (Å²) < 4.78 is 46.3. The summed E-state index contributed by atoms with van der Waals surface area (Å²) in [6, 6.07) is 11.5. The smallest absolute Gasteiger partial charge is 0.323 e. The van der Waals surface area contributed by atoms with Gasteiger partial charge in [-0.05, 0) is 76.3 Å². The minimum atomic E-state index is -3.42. The Kier molecular flexibility index (Phi) is 9.18. The normalized spacial score (nSPS) is 25.1. The van der Waals surface area contributed by atoms with E-state index in [4.69, 9.17) is 35.1 Å². The van der Waals surface area contributed by atoms with E-state index in [1.165, 1.54) is 24.9 Å². The van der Waals surface area contributed by atoms with Crippen LogP contribution in [0.3, 0.4) is 0 Å². The number of halogens is 1. The molecule has 10 nitrogen and oxygen atoms in total. The van der Waals surface area contributed by atoms with Crippen LogP contribution >= 0.6 is 6.64 Å². The fourth-order valence-corrected chi connectivity index (χ4v) is 6.85. The molecule has 0 aliphatic carbocycles. The van der Waals surface area contributed by atoms with Gasteiger partial charge in [0.15, 0.2) is 11.9 Å². The standard InChI is InChI=1S/C27H35FN3O7PS/c1-16(2)36-25(33)18(4)30-39(40,38-19-10-8-7-9-11-19)35-14-22-24(32)27(5,28)26(37-22)31-15-29-23-20(31)12-17(3)13-21(23)34-6/h7-13,15-16,18,22,24,26,32H,14H2,1-6H3,(H,30,40)/t18?,22-,24?,26-,27?,39?/m1/s1. The topological polar surface area (TPSA) is 113 Å². The number of rotatable bonds is 11. The predicted molar refractivity (Wildman–Crippen MR) is 152 cm³/mol. The molecule has 13 heteroatoms. The number of carbonyl (C=O) groups excluding carboxylic acids is 1. The first-order valence-corrected chi connectivity index (χ1v) is 15.5. The molecule has 1 aliphatic rings. The number of hydrogen-bond donors (Lipinski definition) is 2. The molecule has 0 bridgehead atoms. The van der Waals surface area contributed by atoms with Gasteiger partial charge in [0.2, 0.25) is 0 Å². The van der Waals surface area contributed by atoms with Crippen molar-refractivity contribution in [3.8, 4) is 11.5 Å². The number of esters is 1. The second-order valence-corrected chi connectivity index (χ2v) is 13.3. The highest BCUT2D eigenvalue weighted by atomic mass is 32.5. The Morgan fingerprint density at radius 2 is 2.00 bits per heavy atom. The van der Waals surface area contributed by atoms with Crippen LogP contribution in [0.25, 0.3) is 11.0 Å². The number of benzene rings is 2. The molecule has 2 heterocycles. The molecule has 0 spiro atoms. The van der Waals surface area contributed by atoms with Crippen molar-refractivity contribution in [3.05, 3.63) is 54.4 Å². The Labute approximate surface area is 238 Å². The molecule has 0 saturated carbocycles. The van der Waals surface area contributed by atoms with Gasteiger partial charge in [-0.25, -0.2) is 14.5 Å². The predicted octanol–water partition coefficient (Wildman–Crippen LogP) is 4.59. The van der Waals surface area contributed by atoms with Crippen molar-refractivity contribution in [3.63, 3.8) is 0 Å². The van der Waals surface area contributed by atoms with Gasteiger partial charge in [0.1, 0.15) is 35.3 Å². The largest absolute Gasteiger partial charge is 0.494 e.